The smallest absolute Gasteiger partial charge is 0.275 e. The molecule has 1 aromatic heterocycles. The van der Waals surface area contributed by atoms with Gasteiger partial charge in [0.05, 0.1) is 5.69 Å². The number of nitrogens with zero attached hydrogens (tertiary/aromatic N) is 2. The first-order valence-electron chi connectivity index (χ1n) is 7.43. The number of benzene rings is 1. The maximum absolute atomic E-state index is 14.0. The number of nitrogen functional groups attached to an aromatic ring is 1. The van der Waals surface area contributed by atoms with Gasteiger partial charge in [-0.15, -0.1) is 0 Å². The van der Waals surface area contributed by atoms with Crippen LogP contribution in [0.3, 0.4) is 0 Å². The molecule has 1 heterocycles. The van der Waals surface area contributed by atoms with Crippen LogP contribution < -0.4 is 5.73 Å². The fourth-order valence-electron chi connectivity index (χ4n) is 2.43. The molecule has 0 fully saturated rings. The average molecular weight is 317 g/mol. The topological polar surface area (TPSA) is 51.8 Å². The van der Waals surface area contributed by atoms with Gasteiger partial charge in [-0.25, -0.2) is 18.7 Å². The first kappa shape index (κ1) is 17.1. The zero-order valence-electron chi connectivity index (χ0n) is 13.8. The summed E-state index contributed by atoms with van der Waals surface area (Å²) in [7, 11) is 0. The highest BCUT2D eigenvalue weighted by Gasteiger charge is 2.35. The molecule has 0 aliphatic heterocycles. The Morgan fingerprint density at radius 2 is 1.74 bits per heavy atom. The summed E-state index contributed by atoms with van der Waals surface area (Å²) >= 11 is 0. The van der Waals surface area contributed by atoms with Crippen LogP contribution in [0.1, 0.15) is 37.6 Å². The highest BCUT2D eigenvalue weighted by Crippen LogP contribution is 2.36. The molecule has 2 aromatic rings. The minimum absolute atomic E-state index is 0.0144. The number of nitrogens with two attached hydrogens (primary N) is 1. The van der Waals surface area contributed by atoms with Gasteiger partial charge in [0.1, 0.15) is 5.82 Å². The number of halogens is 2. The molecule has 0 bridgehead atoms. The summed E-state index contributed by atoms with van der Waals surface area (Å²) in [5.41, 5.74) is 8.84. The number of rotatable bonds is 4. The maximum Gasteiger partial charge on any atom is 0.275 e. The molecule has 122 valence electrons. The highest BCUT2D eigenvalue weighted by molar-refractivity contribution is 5.73. The van der Waals surface area contributed by atoms with Crippen LogP contribution in [0.15, 0.2) is 30.8 Å². The number of aryl methyl sites for hydroxylation is 1. The van der Waals surface area contributed by atoms with Gasteiger partial charge in [0.25, 0.3) is 5.92 Å². The van der Waals surface area contributed by atoms with E-state index in [1.807, 2.05) is 13.8 Å². The van der Waals surface area contributed by atoms with Gasteiger partial charge < -0.3 is 5.73 Å². The Bertz CT molecular complexity index is 711. The number of alkyl halides is 2. The first-order chi connectivity index (χ1) is 10.6. The first-order valence-corrected chi connectivity index (χ1v) is 7.43. The van der Waals surface area contributed by atoms with E-state index < -0.39 is 11.8 Å². The predicted molar refractivity (Wildman–Crippen MR) is 90.1 cm³/mol. The summed E-state index contributed by atoms with van der Waals surface area (Å²) in [6.07, 6.45) is 0. The third-order valence-electron chi connectivity index (χ3n) is 3.80. The lowest BCUT2D eigenvalue weighted by Crippen LogP contribution is -2.20. The average Bonchev–Trinajstić information content (AvgIpc) is 2.46. The lowest BCUT2D eigenvalue weighted by Gasteiger charge is -2.20. The SMILES string of the molecule is C=C(C)c1c(C)nc(-c2ccc(C(F)(F)C(C)C)cc2)nc1N. The third kappa shape index (κ3) is 3.23. The summed E-state index contributed by atoms with van der Waals surface area (Å²) in [6, 6.07) is 6.02. The largest absolute Gasteiger partial charge is 0.383 e. The summed E-state index contributed by atoms with van der Waals surface area (Å²) < 4.78 is 28.0. The van der Waals surface area contributed by atoms with E-state index >= 15 is 0 Å². The molecule has 3 nitrogen and oxygen atoms in total. The van der Waals surface area contributed by atoms with Crippen LogP contribution in [0.5, 0.6) is 0 Å². The zero-order valence-corrected chi connectivity index (χ0v) is 13.8. The minimum Gasteiger partial charge on any atom is -0.383 e. The van der Waals surface area contributed by atoms with Gasteiger partial charge in [-0.2, -0.15) is 0 Å². The van der Waals surface area contributed by atoms with Gasteiger partial charge in [0.2, 0.25) is 0 Å². The fraction of sp³-hybridized carbons (Fsp3) is 0.333. The number of aromatic nitrogens is 2. The third-order valence-corrected chi connectivity index (χ3v) is 3.80. The van der Waals surface area contributed by atoms with E-state index in [9.17, 15) is 8.78 Å². The molecule has 5 heteroatoms. The van der Waals surface area contributed by atoms with E-state index in [0.29, 0.717) is 17.2 Å². The summed E-state index contributed by atoms with van der Waals surface area (Å²) in [6.45, 7) is 10.5. The van der Waals surface area contributed by atoms with Gasteiger partial charge in [0, 0.05) is 22.6 Å². The van der Waals surface area contributed by atoms with Crippen molar-refractivity contribution in [1.29, 1.82) is 0 Å². The molecule has 1 aromatic carbocycles. The molecular formula is C18H21F2N3. The van der Waals surface area contributed by atoms with Crippen molar-refractivity contribution >= 4 is 11.4 Å². The molecule has 23 heavy (non-hydrogen) atoms. The minimum atomic E-state index is -2.86. The van der Waals surface area contributed by atoms with Crippen molar-refractivity contribution in [2.45, 2.75) is 33.6 Å². The maximum atomic E-state index is 14.0. The Kier molecular flexibility index (Phi) is 4.50. The van der Waals surface area contributed by atoms with Crippen molar-refractivity contribution in [3.05, 3.63) is 47.7 Å². The van der Waals surface area contributed by atoms with Crippen molar-refractivity contribution in [1.82, 2.24) is 9.97 Å². The Labute approximate surface area is 135 Å². The molecule has 0 aliphatic carbocycles. The molecular weight excluding hydrogens is 296 g/mol. The van der Waals surface area contributed by atoms with Crippen molar-refractivity contribution in [3.63, 3.8) is 0 Å². The molecule has 0 saturated carbocycles. The van der Waals surface area contributed by atoms with Crippen LogP contribution >= 0.6 is 0 Å². The Hall–Kier alpha value is -2.30. The molecule has 2 rings (SSSR count). The second-order valence-corrected chi connectivity index (χ2v) is 6.03. The second kappa shape index (κ2) is 6.07. The van der Waals surface area contributed by atoms with Crippen LogP contribution in [0.2, 0.25) is 0 Å². The Balaban J connectivity index is 2.43. The van der Waals surface area contributed by atoms with Crippen LogP contribution in [0, 0.1) is 12.8 Å². The normalized spacial score (nSPS) is 11.8. The summed E-state index contributed by atoms with van der Waals surface area (Å²) in [4.78, 5) is 8.68. The number of hydrogen-bond acceptors (Lipinski definition) is 3. The van der Waals surface area contributed by atoms with E-state index in [1.54, 1.807) is 12.1 Å². The van der Waals surface area contributed by atoms with Crippen LogP contribution in [-0.4, -0.2) is 9.97 Å². The molecule has 0 saturated heterocycles. The van der Waals surface area contributed by atoms with Crippen LogP contribution in [0.25, 0.3) is 17.0 Å². The van der Waals surface area contributed by atoms with Crippen molar-refractivity contribution in [2.75, 3.05) is 5.73 Å². The van der Waals surface area contributed by atoms with Gasteiger partial charge in [-0.05, 0) is 19.4 Å². The molecule has 0 aliphatic rings. The van der Waals surface area contributed by atoms with Gasteiger partial charge in [0.15, 0.2) is 5.82 Å². The number of allylic oxidation sites excluding steroid dienone is 1. The van der Waals surface area contributed by atoms with Crippen LogP contribution in [0.4, 0.5) is 14.6 Å². The highest BCUT2D eigenvalue weighted by atomic mass is 19.3. The van der Waals surface area contributed by atoms with Gasteiger partial charge in [-0.3, -0.25) is 0 Å². The van der Waals surface area contributed by atoms with E-state index in [-0.39, 0.29) is 5.56 Å². The molecule has 0 radical (unpaired) electrons. The molecule has 0 atom stereocenters. The molecule has 2 N–H and O–H groups in total. The molecule has 0 amide bonds. The van der Waals surface area contributed by atoms with E-state index in [2.05, 4.69) is 16.5 Å². The van der Waals surface area contributed by atoms with Crippen molar-refractivity contribution < 1.29 is 8.78 Å². The summed E-state index contributed by atoms with van der Waals surface area (Å²) in [5.74, 6) is -2.86. The molecule has 0 unspecified atom stereocenters. The lowest BCUT2D eigenvalue weighted by atomic mass is 9.97. The van der Waals surface area contributed by atoms with Crippen molar-refractivity contribution in [3.8, 4) is 11.4 Å². The Morgan fingerprint density at radius 1 is 1.17 bits per heavy atom. The standard InChI is InChI=1S/C18H21F2N3/c1-10(2)15-12(5)22-17(23-16(15)21)13-6-8-14(9-7-13)18(19,20)11(3)4/h6-9,11H,1H2,2-5H3,(H2,21,22,23). The predicted octanol–water partition coefficient (Wildman–Crippen LogP) is 4.82. The van der Waals surface area contributed by atoms with E-state index in [1.165, 1.54) is 26.0 Å². The van der Waals surface area contributed by atoms with Gasteiger partial charge >= 0.3 is 0 Å². The van der Waals surface area contributed by atoms with Gasteiger partial charge in [-0.1, -0.05) is 44.7 Å². The zero-order chi connectivity index (χ0) is 17.4. The van der Waals surface area contributed by atoms with Crippen molar-refractivity contribution in [2.24, 2.45) is 5.92 Å². The lowest BCUT2D eigenvalue weighted by molar-refractivity contribution is -0.0513. The molecule has 0 spiro atoms. The fourth-order valence-corrected chi connectivity index (χ4v) is 2.43. The van der Waals surface area contributed by atoms with E-state index in [0.717, 1.165) is 16.8 Å². The summed E-state index contributed by atoms with van der Waals surface area (Å²) in [5, 5.41) is 0. The number of anilines is 1. The Morgan fingerprint density at radius 3 is 2.17 bits per heavy atom. The number of hydrogen-bond donors (Lipinski definition) is 1. The van der Waals surface area contributed by atoms with E-state index in [4.69, 9.17) is 5.73 Å². The monoisotopic (exact) mass is 317 g/mol. The second-order valence-electron chi connectivity index (χ2n) is 6.03. The van der Waals surface area contributed by atoms with Crippen LogP contribution in [-0.2, 0) is 5.92 Å². The quantitative estimate of drug-likeness (QED) is 0.880.